The van der Waals surface area contributed by atoms with E-state index in [0.29, 0.717) is 17.2 Å². The molecule has 1 aliphatic heterocycles. The highest BCUT2D eigenvalue weighted by atomic mass is 16.7. The van der Waals surface area contributed by atoms with Crippen LogP contribution in [0.1, 0.15) is 0 Å². The molecular weight excluding hydrogens is 160 g/mol. The van der Waals surface area contributed by atoms with Crippen LogP contribution in [0, 0.1) is 0 Å². The van der Waals surface area contributed by atoms with E-state index in [4.69, 9.17) is 19.3 Å². The minimum Gasteiger partial charge on any atom is -0.468 e. The molecule has 1 aliphatic rings. The molecule has 0 amide bonds. The molecule has 64 valence electrons. The van der Waals surface area contributed by atoms with Crippen LogP contribution in [0.5, 0.6) is 17.2 Å². The van der Waals surface area contributed by atoms with E-state index in [-0.39, 0.29) is 13.6 Å². The van der Waals surface area contributed by atoms with E-state index in [1.54, 1.807) is 18.2 Å². The molecule has 0 atom stereocenters. The highest BCUT2D eigenvalue weighted by molar-refractivity contribution is 5.46. The molecule has 4 heteroatoms. The first kappa shape index (κ1) is 7.24. The lowest BCUT2D eigenvalue weighted by Crippen LogP contribution is -1.94. The third-order valence-corrected chi connectivity index (χ3v) is 1.58. The number of aliphatic hydroxyl groups is 1. The predicted octanol–water partition coefficient (Wildman–Crippen LogP) is 0.744. The summed E-state index contributed by atoms with van der Waals surface area (Å²) in [6, 6.07) is 5.13. The molecule has 0 fully saturated rings. The number of hydrogen-bond acceptors (Lipinski definition) is 4. The Balaban J connectivity index is 2.26. The van der Waals surface area contributed by atoms with Crippen LogP contribution in [-0.2, 0) is 0 Å². The van der Waals surface area contributed by atoms with Gasteiger partial charge in [0.1, 0.15) is 5.75 Å². The molecule has 1 heterocycles. The molecular formula is C8H8O4. The summed E-state index contributed by atoms with van der Waals surface area (Å²) in [5, 5.41) is 8.47. The van der Waals surface area contributed by atoms with Gasteiger partial charge in [0.25, 0.3) is 0 Å². The normalized spacial score (nSPS) is 13.1. The maximum Gasteiger partial charge on any atom is 0.231 e. The van der Waals surface area contributed by atoms with Gasteiger partial charge in [0.2, 0.25) is 6.79 Å². The lowest BCUT2D eigenvalue weighted by molar-refractivity contribution is 0.0983. The van der Waals surface area contributed by atoms with E-state index >= 15 is 0 Å². The van der Waals surface area contributed by atoms with Crippen LogP contribution in [0.25, 0.3) is 0 Å². The summed E-state index contributed by atoms with van der Waals surface area (Å²) in [5.41, 5.74) is 0. The third-order valence-electron chi connectivity index (χ3n) is 1.58. The standard InChI is InChI=1S/C8H8O4/c9-4-10-6-1-2-7-8(3-6)12-5-11-7/h1-3,9H,4-5H2. The number of ether oxygens (including phenoxy) is 3. The van der Waals surface area contributed by atoms with Gasteiger partial charge < -0.3 is 19.3 Å². The second-order valence-electron chi connectivity index (χ2n) is 2.29. The number of benzene rings is 1. The molecule has 0 bridgehead atoms. The smallest absolute Gasteiger partial charge is 0.231 e. The Bertz CT molecular complexity index is 284. The van der Waals surface area contributed by atoms with Gasteiger partial charge in [0.05, 0.1) is 0 Å². The van der Waals surface area contributed by atoms with Crippen molar-refractivity contribution >= 4 is 0 Å². The molecule has 0 saturated carbocycles. The molecule has 12 heavy (non-hydrogen) atoms. The van der Waals surface area contributed by atoms with Crippen LogP contribution in [0.3, 0.4) is 0 Å². The molecule has 1 N–H and O–H groups in total. The van der Waals surface area contributed by atoms with Crippen molar-refractivity contribution in [1.82, 2.24) is 0 Å². The molecule has 0 unspecified atom stereocenters. The highest BCUT2D eigenvalue weighted by Gasteiger charge is 2.13. The van der Waals surface area contributed by atoms with E-state index in [1.807, 2.05) is 0 Å². The summed E-state index contributed by atoms with van der Waals surface area (Å²) in [6.07, 6.45) is 0. The maximum absolute atomic E-state index is 8.47. The number of fused-ring (bicyclic) bond motifs is 1. The van der Waals surface area contributed by atoms with Crippen molar-refractivity contribution in [2.45, 2.75) is 0 Å². The van der Waals surface area contributed by atoms with E-state index < -0.39 is 0 Å². The lowest BCUT2D eigenvalue weighted by Gasteiger charge is -2.02. The van der Waals surface area contributed by atoms with E-state index in [1.165, 1.54) is 0 Å². The zero-order valence-corrected chi connectivity index (χ0v) is 6.32. The van der Waals surface area contributed by atoms with Crippen molar-refractivity contribution in [3.8, 4) is 17.2 Å². The van der Waals surface area contributed by atoms with Gasteiger partial charge in [-0.1, -0.05) is 0 Å². The van der Waals surface area contributed by atoms with Gasteiger partial charge >= 0.3 is 0 Å². The molecule has 0 spiro atoms. The molecule has 0 radical (unpaired) electrons. The van der Waals surface area contributed by atoms with Crippen LogP contribution in [0.2, 0.25) is 0 Å². The molecule has 2 rings (SSSR count). The summed E-state index contributed by atoms with van der Waals surface area (Å²) in [5.74, 6) is 1.93. The van der Waals surface area contributed by atoms with Crippen molar-refractivity contribution < 1.29 is 19.3 Å². The highest BCUT2D eigenvalue weighted by Crippen LogP contribution is 2.34. The quantitative estimate of drug-likeness (QED) is 0.662. The van der Waals surface area contributed by atoms with Gasteiger partial charge in [-0.2, -0.15) is 0 Å². The average molecular weight is 168 g/mol. The van der Waals surface area contributed by atoms with Crippen LogP contribution in [0.4, 0.5) is 0 Å². The van der Waals surface area contributed by atoms with Crippen LogP contribution in [0.15, 0.2) is 18.2 Å². The zero-order valence-electron chi connectivity index (χ0n) is 6.32. The van der Waals surface area contributed by atoms with Crippen molar-refractivity contribution in [3.63, 3.8) is 0 Å². The molecule has 0 saturated heterocycles. The summed E-state index contributed by atoms with van der Waals surface area (Å²) >= 11 is 0. The third kappa shape index (κ3) is 1.16. The first-order chi connectivity index (χ1) is 5.90. The number of aliphatic hydroxyl groups excluding tert-OH is 1. The first-order valence-electron chi connectivity index (χ1n) is 3.53. The molecule has 1 aromatic rings. The molecule has 0 aliphatic carbocycles. The fourth-order valence-electron chi connectivity index (χ4n) is 1.04. The topological polar surface area (TPSA) is 47.9 Å². The Kier molecular flexibility index (Phi) is 1.75. The van der Waals surface area contributed by atoms with Gasteiger partial charge in [0, 0.05) is 6.07 Å². The Hall–Kier alpha value is -1.42. The predicted molar refractivity (Wildman–Crippen MR) is 40.3 cm³/mol. The van der Waals surface area contributed by atoms with Crippen LogP contribution < -0.4 is 14.2 Å². The molecule has 0 aromatic heterocycles. The summed E-state index contributed by atoms with van der Waals surface area (Å²) in [7, 11) is 0. The Morgan fingerprint density at radius 3 is 3.00 bits per heavy atom. The van der Waals surface area contributed by atoms with E-state index in [2.05, 4.69) is 0 Å². The molecule has 4 nitrogen and oxygen atoms in total. The second-order valence-corrected chi connectivity index (χ2v) is 2.29. The van der Waals surface area contributed by atoms with Gasteiger partial charge in [-0.3, -0.25) is 0 Å². The Morgan fingerprint density at radius 2 is 2.17 bits per heavy atom. The van der Waals surface area contributed by atoms with Gasteiger partial charge in [-0.25, -0.2) is 0 Å². The Morgan fingerprint density at radius 1 is 1.33 bits per heavy atom. The van der Waals surface area contributed by atoms with Crippen molar-refractivity contribution in [2.24, 2.45) is 0 Å². The van der Waals surface area contributed by atoms with E-state index in [0.717, 1.165) is 0 Å². The van der Waals surface area contributed by atoms with Gasteiger partial charge in [-0.05, 0) is 12.1 Å². The lowest BCUT2D eigenvalue weighted by atomic mass is 10.3. The van der Waals surface area contributed by atoms with Crippen LogP contribution >= 0.6 is 0 Å². The zero-order chi connectivity index (χ0) is 8.39. The minimum atomic E-state index is -0.334. The second kappa shape index (κ2) is 2.91. The monoisotopic (exact) mass is 168 g/mol. The van der Waals surface area contributed by atoms with Gasteiger partial charge in [0.15, 0.2) is 18.3 Å². The van der Waals surface area contributed by atoms with Crippen molar-refractivity contribution in [3.05, 3.63) is 18.2 Å². The fourth-order valence-corrected chi connectivity index (χ4v) is 1.04. The largest absolute Gasteiger partial charge is 0.468 e. The fraction of sp³-hybridized carbons (Fsp3) is 0.250. The maximum atomic E-state index is 8.47. The van der Waals surface area contributed by atoms with Crippen LogP contribution in [-0.4, -0.2) is 18.7 Å². The van der Waals surface area contributed by atoms with Crippen molar-refractivity contribution in [2.75, 3.05) is 13.6 Å². The molecule has 1 aromatic carbocycles. The SMILES string of the molecule is OCOc1ccc2c(c1)OCO2. The first-order valence-corrected chi connectivity index (χ1v) is 3.53. The summed E-state index contributed by atoms with van der Waals surface area (Å²) in [4.78, 5) is 0. The van der Waals surface area contributed by atoms with Crippen molar-refractivity contribution in [1.29, 1.82) is 0 Å². The number of hydrogen-bond donors (Lipinski definition) is 1. The summed E-state index contributed by atoms with van der Waals surface area (Å²) < 4.78 is 15.0. The minimum absolute atomic E-state index is 0.248. The summed E-state index contributed by atoms with van der Waals surface area (Å²) in [6.45, 7) is -0.0858. The van der Waals surface area contributed by atoms with Gasteiger partial charge in [-0.15, -0.1) is 0 Å². The number of rotatable bonds is 2. The Labute approximate surface area is 69.3 Å². The van der Waals surface area contributed by atoms with E-state index in [9.17, 15) is 0 Å². The average Bonchev–Trinajstić information content (AvgIpc) is 2.51.